The van der Waals surface area contributed by atoms with Gasteiger partial charge in [-0.2, -0.15) is 9.97 Å². The molecule has 0 N–H and O–H groups in total. The van der Waals surface area contributed by atoms with Gasteiger partial charge in [-0.15, -0.1) is 0 Å². The van der Waals surface area contributed by atoms with Gasteiger partial charge < -0.3 is 4.57 Å². The van der Waals surface area contributed by atoms with Crippen LogP contribution in [0.5, 0.6) is 0 Å². The summed E-state index contributed by atoms with van der Waals surface area (Å²) in [5.74, 6) is 1.88. The zero-order valence-electron chi connectivity index (χ0n) is 30.8. The number of fused-ring (bicyclic) bond motifs is 9. The van der Waals surface area contributed by atoms with Crippen molar-refractivity contribution in [1.82, 2.24) is 24.1 Å². The van der Waals surface area contributed by atoms with Crippen LogP contribution >= 0.6 is 0 Å². The summed E-state index contributed by atoms with van der Waals surface area (Å²) in [7, 11) is 0. The molecule has 8 aromatic carbocycles. The summed E-state index contributed by atoms with van der Waals surface area (Å²) in [4.78, 5) is 16.7. The average Bonchev–Trinajstić information content (AvgIpc) is 3.92. The highest BCUT2D eigenvalue weighted by molar-refractivity contribution is 6.13. The van der Waals surface area contributed by atoms with Crippen LogP contribution in [0.25, 0.3) is 77.8 Å². The molecule has 0 unspecified atom stereocenters. The van der Waals surface area contributed by atoms with Crippen molar-refractivity contribution in [2.75, 3.05) is 0 Å². The average molecular weight is 728 g/mol. The van der Waals surface area contributed by atoms with Gasteiger partial charge >= 0.3 is 0 Å². The fourth-order valence-electron chi connectivity index (χ4n) is 9.56. The second kappa shape index (κ2) is 12.2. The van der Waals surface area contributed by atoms with Gasteiger partial charge in [0.15, 0.2) is 11.6 Å². The summed E-state index contributed by atoms with van der Waals surface area (Å²) in [5, 5.41) is 4.65. The molecule has 0 fully saturated rings. The van der Waals surface area contributed by atoms with Gasteiger partial charge in [0.25, 0.3) is 0 Å². The Morgan fingerprint density at radius 2 is 0.842 bits per heavy atom. The summed E-state index contributed by atoms with van der Waals surface area (Å²) in [5.41, 5.74) is 11.3. The first-order valence-corrected chi connectivity index (χ1v) is 19.4. The zero-order chi connectivity index (χ0) is 37.5. The number of hydrogen-bond acceptors (Lipinski definition) is 3. The Morgan fingerprint density at radius 1 is 0.351 bits per heavy atom. The van der Waals surface area contributed by atoms with Crippen LogP contribution < -0.4 is 0 Å². The van der Waals surface area contributed by atoms with E-state index in [4.69, 9.17) is 15.0 Å². The Hall–Kier alpha value is -7.63. The van der Waals surface area contributed by atoms with Crippen LogP contribution in [-0.2, 0) is 5.41 Å². The van der Waals surface area contributed by atoms with E-state index in [1.54, 1.807) is 0 Å². The third-order valence-electron chi connectivity index (χ3n) is 11.8. The topological polar surface area (TPSA) is 48.5 Å². The Labute approximate surface area is 328 Å². The third-order valence-corrected chi connectivity index (χ3v) is 11.8. The van der Waals surface area contributed by atoms with Gasteiger partial charge in [-0.3, -0.25) is 4.57 Å². The van der Waals surface area contributed by atoms with Crippen LogP contribution in [0.3, 0.4) is 0 Å². The van der Waals surface area contributed by atoms with Gasteiger partial charge in [-0.05, 0) is 64.2 Å². The molecule has 1 aliphatic carbocycles. The number of rotatable bonds is 5. The molecule has 0 saturated carbocycles. The van der Waals surface area contributed by atoms with Crippen LogP contribution in [0.1, 0.15) is 22.5 Å². The number of para-hydroxylation sites is 4. The summed E-state index contributed by atoms with van der Waals surface area (Å²) in [6.07, 6.45) is 0. The van der Waals surface area contributed by atoms with Crippen molar-refractivity contribution in [3.05, 3.63) is 223 Å². The number of aromatic nitrogens is 5. The molecule has 1 aliphatic rings. The highest BCUT2D eigenvalue weighted by atomic mass is 15.2. The number of nitrogens with zero attached hydrogens (tertiary/aromatic N) is 5. The SMILES string of the molecule is c1ccc(-c2nc(-n3c4ccccc4c4ccccc43)nc(C3(c4cccc5c4c4ccccc4n5-c4ccccc4)c4ccccc4-c4ccccc43)n2)cc1. The van der Waals surface area contributed by atoms with E-state index in [1.807, 2.05) is 18.2 Å². The first-order valence-electron chi connectivity index (χ1n) is 19.4. The lowest BCUT2D eigenvalue weighted by Crippen LogP contribution is -2.32. The van der Waals surface area contributed by atoms with Crippen molar-refractivity contribution in [2.24, 2.45) is 0 Å². The first kappa shape index (κ1) is 31.7. The molecule has 5 heteroatoms. The molecule has 3 aromatic heterocycles. The predicted molar refractivity (Wildman–Crippen MR) is 231 cm³/mol. The van der Waals surface area contributed by atoms with Crippen LogP contribution in [0.2, 0.25) is 0 Å². The molecule has 57 heavy (non-hydrogen) atoms. The lowest BCUT2D eigenvalue weighted by molar-refractivity contribution is 0.689. The van der Waals surface area contributed by atoms with E-state index < -0.39 is 5.41 Å². The van der Waals surface area contributed by atoms with E-state index in [0.717, 1.165) is 60.8 Å². The maximum absolute atomic E-state index is 5.72. The molecule has 12 rings (SSSR count). The van der Waals surface area contributed by atoms with E-state index in [0.29, 0.717) is 17.6 Å². The molecule has 0 radical (unpaired) electrons. The number of hydrogen-bond donors (Lipinski definition) is 0. The van der Waals surface area contributed by atoms with Crippen molar-refractivity contribution in [3.8, 4) is 34.2 Å². The van der Waals surface area contributed by atoms with E-state index in [1.165, 1.54) is 21.9 Å². The fraction of sp³-hybridized carbons (Fsp3) is 0.0192. The second-order valence-electron chi connectivity index (χ2n) is 14.7. The normalized spacial score (nSPS) is 13.1. The monoisotopic (exact) mass is 727 g/mol. The van der Waals surface area contributed by atoms with Crippen LogP contribution in [0.4, 0.5) is 0 Å². The molecule has 0 atom stereocenters. The minimum absolute atomic E-state index is 0.580. The molecule has 0 saturated heterocycles. The largest absolute Gasteiger partial charge is 0.309 e. The van der Waals surface area contributed by atoms with E-state index in [-0.39, 0.29) is 0 Å². The van der Waals surface area contributed by atoms with Gasteiger partial charge in [0, 0.05) is 32.8 Å². The summed E-state index contributed by atoms with van der Waals surface area (Å²) in [6, 6.07) is 71.2. The first-order chi connectivity index (χ1) is 28.3. The van der Waals surface area contributed by atoms with E-state index in [2.05, 4.69) is 191 Å². The smallest absolute Gasteiger partial charge is 0.238 e. The van der Waals surface area contributed by atoms with Crippen LogP contribution in [0, 0.1) is 0 Å². The molecule has 11 aromatic rings. The maximum Gasteiger partial charge on any atom is 0.238 e. The van der Waals surface area contributed by atoms with Gasteiger partial charge in [-0.25, -0.2) is 4.98 Å². The highest BCUT2D eigenvalue weighted by Crippen LogP contribution is 2.57. The van der Waals surface area contributed by atoms with Gasteiger partial charge in [0.1, 0.15) is 5.41 Å². The quantitative estimate of drug-likeness (QED) is 0.177. The summed E-state index contributed by atoms with van der Waals surface area (Å²) >= 11 is 0. The molecular weight excluding hydrogens is 695 g/mol. The maximum atomic E-state index is 5.72. The van der Waals surface area contributed by atoms with Gasteiger partial charge in [0.2, 0.25) is 5.95 Å². The molecule has 0 bridgehead atoms. The minimum atomic E-state index is -0.918. The van der Waals surface area contributed by atoms with Gasteiger partial charge in [-0.1, -0.05) is 164 Å². The Bertz CT molecular complexity index is 3260. The molecule has 266 valence electrons. The third kappa shape index (κ3) is 4.42. The summed E-state index contributed by atoms with van der Waals surface area (Å²) in [6.45, 7) is 0. The molecular formula is C52H33N5. The zero-order valence-corrected chi connectivity index (χ0v) is 30.8. The van der Waals surface area contributed by atoms with Crippen molar-refractivity contribution in [1.29, 1.82) is 0 Å². The Kier molecular flexibility index (Phi) is 6.78. The van der Waals surface area contributed by atoms with E-state index in [9.17, 15) is 0 Å². The Morgan fingerprint density at radius 3 is 1.49 bits per heavy atom. The predicted octanol–water partition coefficient (Wildman–Crippen LogP) is 12.1. The van der Waals surface area contributed by atoms with E-state index >= 15 is 0 Å². The van der Waals surface area contributed by atoms with Gasteiger partial charge in [0.05, 0.1) is 22.1 Å². The molecule has 0 spiro atoms. The second-order valence-corrected chi connectivity index (χ2v) is 14.7. The standard InChI is InChI=1S/C52H33N5/c1-3-18-34(19-4-1)49-53-50(55-51(54-49)57-44-30-14-9-24-38(44)39-25-10-15-31-45(39)57)52(41-27-12-7-22-36(41)37-23-8-13-28-42(37)52)43-29-17-33-47-48(43)40-26-11-16-32-46(40)56(47)35-20-5-2-6-21-35/h1-33H. The molecule has 5 nitrogen and oxygen atoms in total. The van der Waals surface area contributed by atoms with Crippen molar-refractivity contribution < 1.29 is 0 Å². The molecule has 0 amide bonds. The van der Waals surface area contributed by atoms with Crippen molar-refractivity contribution in [2.45, 2.75) is 5.41 Å². The van der Waals surface area contributed by atoms with Crippen molar-refractivity contribution >= 4 is 43.6 Å². The highest BCUT2D eigenvalue weighted by Gasteiger charge is 2.50. The fourth-order valence-corrected chi connectivity index (χ4v) is 9.56. The lowest BCUT2D eigenvalue weighted by Gasteiger charge is -2.32. The Balaban J connectivity index is 1.28. The molecule has 3 heterocycles. The summed E-state index contributed by atoms with van der Waals surface area (Å²) < 4.78 is 4.60. The number of benzene rings is 8. The van der Waals surface area contributed by atoms with Crippen LogP contribution in [-0.4, -0.2) is 24.1 Å². The van der Waals surface area contributed by atoms with Crippen molar-refractivity contribution in [3.63, 3.8) is 0 Å². The molecule has 0 aliphatic heterocycles. The van der Waals surface area contributed by atoms with Crippen LogP contribution in [0.15, 0.2) is 200 Å². The minimum Gasteiger partial charge on any atom is -0.309 e. The lowest BCUT2D eigenvalue weighted by atomic mass is 9.70.